The first-order chi connectivity index (χ1) is 9.72. The molecule has 1 saturated heterocycles. The molecule has 0 bridgehead atoms. The molecule has 112 valence electrons. The van der Waals surface area contributed by atoms with E-state index in [2.05, 4.69) is 30.9 Å². The van der Waals surface area contributed by atoms with E-state index in [9.17, 15) is 0 Å². The van der Waals surface area contributed by atoms with E-state index in [1.807, 2.05) is 0 Å². The number of aromatic nitrogens is 3. The molecule has 2 heterocycles. The number of ether oxygens (including phenoxy) is 1. The Bertz CT molecular complexity index is 450. The molecule has 0 aliphatic carbocycles. The van der Waals surface area contributed by atoms with Gasteiger partial charge in [-0.2, -0.15) is 9.67 Å². The lowest BCUT2D eigenvalue weighted by Crippen LogP contribution is -2.37. The van der Waals surface area contributed by atoms with Crippen molar-refractivity contribution in [3.05, 3.63) is 0 Å². The van der Waals surface area contributed by atoms with Crippen molar-refractivity contribution in [2.45, 2.75) is 12.8 Å². The van der Waals surface area contributed by atoms with E-state index >= 15 is 0 Å². The standard InChI is InChI=1S/C11H18BrN5OS2/c12-3-1-2-8-20-11(19)17-9(13)14-10(15-17)16-4-6-18-7-5-16/h1-8H2,(H2,13,14,15). The second-order valence-corrected chi connectivity index (χ2v) is 6.81. The molecule has 9 heteroatoms. The summed E-state index contributed by atoms with van der Waals surface area (Å²) < 4.78 is 7.52. The van der Waals surface area contributed by atoms with E-state index < -0.39 is 0 Å². The van der Waals surface area contributed by atoms with Crippen molar-refractivity contribution in [2.75, 3.05) is 48.0 Å². The van der Waals surface area contributed by atoms with E-state index in [0.29, 0.717) is 29.4 Å². The summed E-state index contributed by atoms with van der Waals surface area (Å²) in [7, 11) is 0. The molecule has 0 radical (unpaired) electrons. The van der Waals surface area contributed by atoms with Crippen molar-refractivity contribution < 1.29 is 4.74 Å². The van der Waals surface area contributed by atoms with Crippen LogP contribution in [0.2, 0.25) is 0 Å². The van der Waals surface area contributed by atoms with Gasteiger partial charge in [-0.25, -0.2) is 0 Å². The molecule has 0 aromatic carbocycles. The Hall–Kier alpha value is -0.380. The first-order valence-corrected chi connectivity index (χ1v) is 9.02. The highest BCUT2D eigenvalue weighted by molar-refractivity contribution is 9.09. The number of nitrogens with two attached hydrogens (primary N) is 1. The Kier molecular flexibility index (Phi) is 6.53. The summed E-state index contributed by atoms with van der Waals surface area (Å²) in [6.07, 6.45) is 2.25. The maximum Gasteiger partial charge on any atom is 0.247 e. The van der Waals surface area contributed by atoms with Crippen LogP contribution in [0.4, 0.5) is 11.9 Å². The Morgan fingerprint density at radius 1 is 1.40 bits per heavy atom. The lowest BCUT2D eigenvalue weighted by atomic mass is 10.4. The lowest BCUT2D eigenvalue weighted by molar-refractivity contribution is 0.122. The smallest absolute Gasteiger partial charge is 0.247 e. The van der Waals surface area contributed by atoms with Gasteiger partial charge in [-0.15, -0.1) is 5.10 Å². The van der Waals surface area contributed by atoms with Crippen LogP contribution in [0.25, 0.3) is 0 Å². The molecule has 1 aromatic rings. The summed E-state index contributed by atoms with van der Waals surface area (Å²) in [5.41, 5.74) is 5.90. The van der Waals surface area contributed by atoms with Crippen molar-refractivity contribution in [3.8, 4) is 0 Å². The number of rotatable bonds is 5. The van der Waals surface area contributed by atoms with Gasteiger partial charge in [0.15, 0.2) is 4.32 Å². The Labute approximate surface area is 136 Å². The van der Waals surface area contributed by atoms with E-state index in [1.54, 1.807) is 16.4 Å². The molecule has 1 fully saturated rings. The molecule has 0 saturated carbocycles. The Morgan fingerprint density at radius 2 is 2.15 bits per heavy atom. The van der Waals surface area contributed by atoms with Crippen molar-refractivity contribution in [3.63, 3.8) is 0 Å². The van der Waals surface area contributed by atoms with Gasteiger partial charge in [0.25, 0.3) is 0 Å². The molecule has 6 nitrogen and oxygen atoms in total. The van der Waals surface area contributed by atoms with Gasteiger partial charge in [0.2, 0.25) is 11.9 Å². The quantitative estimate of drug-likeness (QED) is 0.474. The molecule has 20 heavy (non-hydrogen) atoms. The van der Waals surface area contributed by atoms with Gasteiger partial charge in [-0.3, -0.25) is 0 Å². The second-order valence-electron chi connectivity index (χ2n) is 4.29. The lowest BCUT2D eigenvalue weighted by Gasteiger charge is -2.25. The number of nitrogens with zero attached hydrogens (tertiary/aromatic N) is 4. The van der Waals surface area contributed by atoms with Crippen LogP contribution in [0, 0.1) is 0 Å². The molecular weight excluding hydrogens is 362 g/mol. The fourth-order valence-corrected chi connectivity index (χ4v) is 3.32. The summed E-state index contributed by atoms with van der Waals surface area (Å²) in [5, 5.41) is 5.43. The van der Waals surface area contributed by atoms with Gasteiger partial charge in [0, 0.05) is 24.2 Å². The van der Waals surface area contributed by atoms with Crippen LogP contribution in [-0.4, -0.2) is 56.5 Å². The van der Waals surface area contributed by atoms with Crippen molar-refractivity contribution >= 4 is 56.1 Å². The largest absolute Gasteiger partial charge is 0.378 e. The third-order valence-corrected chi connectivity index (χ3v) is 4.84. The zero-order valence-corrected chi connectivity index (χ0v) is 14.3. The number of anilines is 2. The average molecular weight is 380 g/mol. The van der Waals surface area contributed by atoms with Gasteiger partial charge in [0.1, 0.15) is 0 Å². The molecule has 0 atom stereocenters. The number of hydrogen-bond donors (Lipinski definition) is 1. The minimum atomic E-state index is 0.351. The van der Waals surface area contributed by atoms with Gasteiger partial charge >= 0.3 is 0 Å². The summed E-state index contributed by atoms with van der Waals surface area (Å²) in [6.45, 7) is 2.96. The first-order valence-electron chi connectivity index (χ1n) is 6.50. The number of halogens is 1. The number of thiocarbonyl (C=S) groups is 1. The normalized spacial score (nSPS) is 15.6. The predicted molar refractivity (Wildman–Crippen MR) is 90.9 cm³/mol. The minimum absolute atomic E-state index is 0.351. The van der Waals surface area contributed by atoms with Crippen LogP contribution in [0.15, 0.2) is 0 Å². The fraction of sp³-hybridized carbons (Fsp3) is 0.727. The molecule has 2 N–H and O–H groups in total. The van der Waals surface area contributed by atoms with Gasteiger partial charge in [0.05, 0.1) is 13.2 Å². The number of morpholine rings is 1. The molecule has 1 aliphatic rings. The highest BCUT2D eigenvalue weighted by Gasteiger charge is 2.18. The molecule has 0 unspecified atom stereocenters. The van der Waals surface area contributed by atoms with Crippen LogP contribution in [0.1, 0.15) is 12.8 Å². The average Bonchev–Trinajstić information content (AvgIpc) is 2.86. The van der Waals surface area contributed by atoms with Crippen LogP contribution in [-0.2, 0) is 4.74 Å². The number of alkyl halides is 1. The fourth-order valence-electron chi connectivity index (χ4n) is 1.76. The summed E-state index contributed by atoms with van der Waals surface area (Å²) in [6, 6.07) is 0. The van der Waals surface area contributed by atoms with Crippen molar-refractivity contribution in [1.29, 1.82) is 0 Å². The third kappa shape index (κ3) is 4.31. The van der Waals surface area contributed by atoms with Gasteiger partial charge in [-0.05, 0) is 12.8 Å². The van der Waals surface area contributed by atoms with Crippen LogP contribution >= 0.6 is 39.9 Å². The molecular formula is C11H18BrN5OS2. The van der Waals surface area contributed by atoms with Gasteiger partial charge in [-0.1, -0.05) is 39.9 Å². The van der Waals surface area contributed by atoms with Crippen LogP contribution in [0.3, 0.4) is 0 Å². The first kappa shape index (κ1) is 16.0. The highest BCUT2D eigenvalue weighted by Crippen LogP contribution is 2.17. The zero-order valence-electron chi connectivity index (χ0n) is 11.1. The van der Waals surface area contributed by atoms with Crippen molar-refractivity contribution in [1.82, 2.24) is 14.8 Å². The molecule has 2 rings (SSSR count). The van der Waals surface area contributed by atoms with Crippen LogP contribution in [0.5, 0.6) is 0 Å². The monoisotopic (exact) mass is 379 g/mol. The van der Waals surface area contributed by atoms with E-state index in [4.69, 9.17) is 22.7 Å². The number of hydrogen-bond acceptors (Lipinski definition) is 7. The third-order valence-electron chi connectivity index (χ3n) is 2.84. The molecule has 1 aromatic heterocycles. The predicted octanol–water partition coefficient (Wildman–Crippen LogP) is 1.74. The second kappa shape index (κ2) is 8.16. The highest BCUT2D eigenvalue weighted by atomic mass is 79.9. The van der Waals surface area contributed by atoms with Crippen LogP contribution < -0.4 is 10.6 Å². The summed E-state index contributed by atoms with van der Waals surface area (Å²) >= 11 is 10.4. The maximum atomic E-state index is 5.90. The topological polar surface area (TPSA) is 69.2 Å². The van der Waals surface area contributed by atoms with Crippen molar-refractivity contribution in [2.24, 2.45) is 0 Å². The molecule has 0 amide bonds. The van der Waals surface area contributed by atoms with E-state index in [1.165, 1.54) is 0 Å². The summed E-state index contributed by atoms with van der Waals surface area (Å²) in [4.78, 5) is 6.36. The molecule has 1 aliphatic heterocycles. The Balaban J connectivity index is 1.94. The van der Waals surface area contributed by atoms with Gasteiger partial charge < -0.3 is 15.4 Å². The minimum Gasteiger partial charge on any atom is -0.378 e. The number of unbranched alkanes of at least 4 members (excludes halogenated alkanes) is 1. The Morgan fingerprint density at radius 3 is 2.85 bits per heavy atom. The van der Waals surface area contributed by atoms with E-state index in [-0.39, 0.29) is 0 Å². The number of thioether (sulfide) groups is 1. The molecule has 0 spiro atoms. The maximum absolute atomic E-state index is 5.90. The van der Waals surface area contributed by atoms with E-state index in [0.717, 1.165) is 37.0 Å². The zero-order chi connectivity index (χ0) is 14.4. The summed E-state index contributed by atoms with van der Waals surface area (Å²) in [5.74, 6) is 1.95. The number of nitrogen functional groups attached to an aromatic ring is 1. The SMILES string of the molecule is Nc1nc(N2CCOCC2)nn1C(=S)SCCCCBr.